The Hall–Kier alpha value is -0.0200. The van der Waals surface area contributed by atoms with Gasteiger partial charge in [0.05, 0.1) is 15.9 Å². The number of hydrogen-bond acceptors (Lipinski definition) is 3. The molecule has 3 N–H and O–H groups in total. The third kappa shape index (κ3) is 3.74. The molecule has 0 aliphatic rings. The minimum Gasteiger partial charge on any atom is -0.392 e. The molecule has 1 aromatic carbocycles. The molecule has 1 rings (SSSR count). The van der Waals surface area contributed by atoms with Gasteiger partial charge in [0.2, 0.25) is 10.0 Å². The van der Waals surface area contributed by atoms with Crippen LogP contribution in [0.25, 0.3) is 0 Å². The summed E-state index contributed by atoms with van der Waals surface area (Å²) in [7, 11) is -3.67. The van der Waals surface area contributed by atoms with Crippen molar-refractivity contribution in [2.75, 3.05) is 0 Å². The maximum atomic E-state index is 12.2. The van der Waals surface area contributed by atoms with E-state index in [9.17, 15) is 8.42 Å². The van der Waals surface area contributed by atoms with E-state index in [1.54, 1.807) is 13.0 Å². The second kappa shape index (κ2) is 5.96. The van der Waals surface area contributed by atoms with Crippen LogP contribution in [0.4, 0.5) is 0 Å². The number of halogens is 2. The van der Waals surface area contributed by atoms with Crippen LogP contribution in [0.1, 0.15) is 12.5 Å². The normalized spacial score (nSPS) is 13.3. The molecule has 1 unspecified atom stereocenters. The summed E-state index contributed by atoms with van der Waals surface area (Å²) >= 11 is 11.3. The Morgan fingerprint density at radius 2 is 1.94 bits per heavy atom. The fourth-order valence-electron chi connectivity index (χ4n) is 1.19. The highest BCUT2D eigenvalue weighted by Crippen LogP contribution is 2.28. The fourth-order valence-corrected chi connectivity index (χ4v) is 4.22. The van der Waals surface area contributed by atoms with Gasteiger partial charge in [-0.05, 0) is 47.5 Å². The van der Waals surface area contributed by atoms with Crippen LogP contribution in [0.2, 0.25) is 0 Å². The second-order valence-corrected chi connectivity index (χ2v) is 7.64. The van der Waals surface area contributed by atoms with Crippen molar-refractivity contribution in [3.63, 3.8) is 0 Å². The molecule has 0 heterocycles. The monoisotopic (exact) mass is 414 g/mol. The molecule has 4 nitrogen and oxygen atoms in total. The van der Waals surface area contributed by atoms with E-state index in [1.807, 2.05) is 6.92 Å². The molecule has 0 aliphatic carbocycles. The van der Waals surface area contributed by atoms with Gasteiger partial charge in [0.1, 0.15) is 0 Å². The molecule has 0 spiro atoms. The Kier molecular flexibility index (Phi) is 5.31. The number of rotatable bonds is 4. The SMILES string of the molecule is Cc1cc(Br)c(S(=O)(=O)NC(C)C(N)=S)cc1Br. The molecule has 0 radical (unpaired) electrons. The third-order valence-electron chi connectivity index (χ3n) is 2.26. The topological polar surface area (TPSA) is 72.2 Å². The fraction of sp³-hybridized carbons (Fsp3) is 0.300. The van der Waals surface area contributed by atoms with E-state index >= 15 is 0 Å². The summed E-state index contributed by atoms with van der Waals surface area (Å²) in [4.78, 5) is 0.240. The lowest BCUT2D eigenvalue weighted by Crippen LogP contribution is -2.41. The number of thiocarbonyl (C=S) groups is 1. The van der Waals surface area contributed by atoms with E-state index in [0.29, 0.717) is 8.95 Å². The molecule has 0 aromatic heterocycles. The highest BCUT2D eigenvalue weighted by atomic mass is 79.9. The van der Waals surface area contributed by atoms with Crippen LogP contribution in [0, 0.1) is 6.92 Å². The van der Waals surface area contributed by atoms with E-state index in [4.69, 9.17) is 18.0 Å². The third-order valence-corrected chi connectivity index (χ3v) is 5.97. The molecule has 0 amide bonds. The van der Waals surface area contributed by atoms with Crippen molar-refractivity contribution in [2.45, 2.75) is 24.8 Å². The van der Waals surface area contributed by atoms with Crippen LogP contribution in [0.5, 0.6) is 0 Å². The highest BCUT2D eigenvalue weighted by Gasteiger charge is 2.22. The van der Waals surface area contributed by atoms with Crippen LogP contribution < -0.4 is 10.5 Å². The summed E-state index contributed by atoms with van der Waals surface area (Å²) in [6.45, 7) is 3.47. The van der Waals surface area contributed by atoms with Gasteiger partial charge in [0, 0.05) is 8.95 Å². The molecular formula is C10H12Br2N2O2S2. The first kappa shape index (κ1) is 16.0. The van der Waals surface area contributed by atoms with Crippen molar-refractivity contribution >= 4 is 59.1 Å². The van der Waals surface area contributed by atoms with Gasteiger partial charge in [-0.3, -0.25) is 0 Å². The summed E-state index contributed by atoms with van der Waals surface area (Å²) in [5.41, 5.74) is 6.33. The van der Waals surface area contributed by atoms with E-state index < -0.39 is 16.1 Å². The predicted octanol–water partition coefficient (Wildman–Crippen LogP) is 2.47. The predicted molar refractivity (Wildman–Crippen MR) is 83.1 cm³/mol. The van der Waals surface area contributed by atoms with Crippen LogP contribution in [0.15, 0.2) is 26.0 Å². The zero-order chi connectivity index (χ0) is 14.1. The van der Waals surface area contributed by atoms with Gasteiger partial charge in [-0.15, -0.1) is 0 Å². The Morgan fingerprint density at radius 3 is 2.44 bits per heavy atom. The quantitative estimate of drug-likeness (QED) is 0.741. The molecule has 100 valence electrons. The molecule has 0 fully saturated rings. The van der Waals surface area contributed by atoms with Crippen LogP contribution in [-0.4, -0.2) is 19.4 Å². The Bertz CT molecular complexity index is 588. The number of benzene rings is 1. The van der Waals surface area contributed by atoms with Gasteiger partial charge in [0.15, 0.2) is 0 Å². The van der Waals surface area contributed by atoms with Gasteiger partial charge in [-0.2, -0.15) is 0 Å². The molecule has 0 saturated heterocycles. The summed E-state index contributed by atoms with van der Waals surface area (Å²) in [6.07, 6.45) is 0. The van der Waals surface area contributed by atoms with Gasteiger partial charge >= 0.3 is 0 Å². The molecule has 0 bridgehead atoms. The van der Waals surface area contributed by atoms with E-state index in [2.05, 4.69) is 36.6 Å². The van der Waals surface area contributed by atoms with Crippen LogP contribution >= 0.6 is 44.1 Å². The van der Waals surface area contributed by atoms with Crippen molar-refractivity contribution in [1.82, 2.24) is 4.72 Å². The Labute approximate surface area is 129 Å². The summed E-state index contributed by atoms with van der Waals surface area (Å²) in [6, 6.07) is 2.66. The van der Waals surface area contributed by atoms with Gasteiger partial charge in [-0.25, -0.2) is 13.1 Å². The van der Waals surface area contributed by atoms with Crippen molar-refractivity contribution < 1.29 is 8.42 Å². The van der Waals surface area contributed by atoms with E-state index in [1.165, 1.54) is 6.07 Å². The molecule has 1 aromatic rings. The smallest absolute Gasteiger partial charge is 0.242 e. The molecule has 0 aliphatic heterocycles. The Balaban J connectivity index is 3.21. The largest absolute Gasteiger partial charge is 0.392 e. The van der Waals surface area contributed by atoms with Crippen molar-refractivity contribution in [2.24, 2.45) is 5.73 Å². The van der Waals surface area contributed by atoms with Gasteiger partial charge < -0.3 is 5.73 Å². The van der Waals surface area contributed by atoms with E-state index in [-0.39, 0.29) is 9.88 Å². The average molecular weight is 416 g/mol. The van der Waals surface area contributed by atoms with Gasteiger partial charge in [-0.1, -0.05) is 28.1 Å². The molecule has 18 heavy (non-hydrogen) atoms. The first-order valence-corrected chi connectivity index (χ1v) is 8.40. The van der Waals surface area contributed by atoms with Gasteiger partial charge in [0.25, 0.3) is 0 Å². The second-order valence-electron chi connectivity index (χ2n) is 3.78. The standard InChI is InChI=1S/C10H12Br2N2O2S2/c1-5-3-8(12)9(4-7(5)11)18(15,16)14-6(2)10(13)17/h3-4,6,14H,1-2H3,(H2,13,17). The zero-order valence-corrected chi connectivity index (χ0v) is 14.5. The zero-order valence-electron chi connectivity index (χ0n) is 9.70. The highest BCUT2D eigenvalue weighted by molar-refractivity contribution is 9.11. The lowest BCUT2D eigenvalue weighted by Gasteiger charge is -2.14. The maximum absolute atomic E-state index is 12.2. The molecule has 8 heteroatoms. The first-order valence-electron chi connectivity index (χ1n) is 4.92. The van der Waals surface area contributed by atoms with Crippen molar-refractivity contribution in [3.05, 3.63) is 26.6 Å². The maximum Gasteiger partial charge on any atom is 0.242 e. The number of nitrogens with two attached hydrogens (primary N) is 1. The van der Waals surface area contributed by atoms with E-state index in [0.717, 1.165) is 5.56 Å². The van der Waals surface area contributed by atoms with Crippen LogP contribution in [-0.2, 0) is 10.0 Å². The number of hydrogen-bond donors (Lipinski definition) is 2. The molecule has 0 saturated carbocycles. The molecular weight excluding hydrogens is 404 g/mol. The summed E-state index contributed by atoms with van der Waals surface area (Å²) < 4.78 is 27.9. The number of aryl methyl sites for hydroxylation is 1. The van der Waals surface area contributed by atoms with Crippen molar-refractivity contribution in [3.8, 4) is 0 Å². The summed E-state index contributed by atoms with van der Waals surface area (Å²) in [5.74, 6) is 0. The number of nitrogens with one attached hydrogen (secondary N) is 1. The number of sulfonamides is 1. The average Bonchev–Trinajstić information content (AvgIpc) is 2.22. The minimum atomic E-state index is -3.67. The van der Waals surface area contributed by atoms with Crippen molar-refractivity contribution in [1.29, 1.82) is 0 Å². The molecule has 1 atom stereocenters. The first-order chi connectivity index (χ1) is 8.15. The lowest BCUT2D eigenvalue weighted by atomic mass is 10.2. The minimum absolute atomic E-state index is 0.0980. The van der Waals surface area contributed by atoms with Crippen LogP contribution in [0.3, 0.4) is 0 Å². The Morgan fingerprint density at radius 1 is 1.39 bits per heavy atom. The summed E-state index contributed by atoms with van der Waals surface area (Å²) in [5, 5.41) is 0. The lowest BCUT2D eigenvalue weighted by molar-refractivity contribution is 0.578.